The molecule has 9 heteroatoms. The van der Waals surface area contributed by atoms with Crippen LogP contribution in [0, 0.1) is 6.92 Å². The molecular formula is C12H18N8O. The summed E-state index contributed by atoms with van der Waals surface area (Å²) in [5.74, 6) is 2.46. The van der Waals surface area contributed by atoms with Crippen LogP contribution in [0.4, 0.5) is 0 Å². The van der Waals surface area contributed by atoms with E-state index < -0.39 is 0 Å². The Balaban J connectivity index is 1.44. The number of H-pyrrole nitrogens is 1. The van der Waals surface area contributed by atoms with Crippen molar-refractivity contribution in [1.29, 1.82) is 0 Å². The smallest absolute Gasteiger partial charge is 0.180 e. The third-order valence-electron chi connectivity index (χ3n) is 3.87. The molecule has 0 amide bonds. The van der Waals surface area contributed by atoms with Crippen molar-refractivity contribution < 1.29 is 4.74 Å². The Morgan fingerprint density at radius 1 is 1.38 bits per heavy atom. The Morgan fingerprint density at radius 2 is 2.29 bits per heavy atom. The summed E-state index contributed by atoms with van der Waals surface area (Å²) in [4.78, 5) is 6.65. The number of rotatable bonds is 4. The molecule has 1 N–H and O–H groups in total. The Bertz CT molecular complexity index is 618. The quantitative estimate of drug-likeness (QED) is 0.846. The highest BCUT2D eigenvalue weighted by molar-refractivity contribution is 4.96. The second kappa shape index (κ2) is 5.15. The molecule has 2 fully saturated rings. The molecule has 2 aliphatic rings. The first-order chi connectivity index (χ1) is 10.3. The molecule has 4 rings (SSSR count). The van der Waals surface area contributed by atoms with Crippen LogP contribution in [-0.2, 0) is 11.3 Å². The minimum Gasteiger partial charge on any atom is -0.367 e. The van der Waals surface area contributed by atoms with Gasteiger partial charge in [0.15, 0.2) is 11.6 Å². The summed E-state index contributed by atoms with van der Waals surface area (Å²) in [6, 6.07) is 0.502. The van der Waals surface area contributed by atoms with Gasteiger partial charge >= 0.3 is 0 Å². The maximum Gasteiger partial charge on any atom is 0.180 e. The molecule has 21 heavy (non-hydrogen) atoms. The topological polar surface area (TPSA) is 97.6 Å². The highest BCUT2D eigenvalue weighted by atomic mass is 16.5. The van der Waals surface area contributed by atoms with E-state index in [-0.39, 0.29) is 6.10 Å². The number of aromatic amines is 1. The van der Waals surface area contributed by atoms with Crippen molar-refractivity contribution in [2.24, 2.45) is 0 Å². The Hall–Kier alpha value is -1.87. The van der Waals surface area contributed by atoms with Gasteiger partial charge in [0.05, 0.1) is 19.2 Å². The Labute approximate surface area is 121 Å². The summed E-state index contributed by atoms with van der Waals surface area (Å²) in [6.07, 6.45) is 2.27. The molecule has 0 bridgehead atoms. The van der Waals surface area contributed by atoms with Gasteiger partial charge in [0.1, 0.15) is 11.9 Å². The fourth-order valence-corrected chi connectivity index (χ4v) is 2.63. The van der Waals surface area contributed by atoms with Crippen LogP contribution >= 0.6 is 0 Å². The summed E-state index contributed by atoms with van der Waals surface area (Å²) in [6.45, 7) is 4.93. The van der Waals surface area contributed by atoms with Gasteiger partial charge in [-0.1, -0.05) is 0 Å². The van der Waals surface area contributed by atoms with Crippen molar-refractivity contribution in [3.8, 4) is 0 Å². The lowest BCUT2D eigenvalue weighted by atomic mass is 10.2. The van der Waals surface area contributed by atoms with Crippen molar-refractivity contribution in [2.45, 2.75) is 38.5 Å². The fourth-order valence-electron chi connectivity index (χ4n) is 2.63. The van der Waals surface area contributed by atoms with Crippen molar-refractivity contribution >= 4 is 0 Å². The molecule has 2 aromatic heterocycles. The van der Waals surface area contributed by atoms with Crippen LogP contribution in [0.1, 0.15) is 42.5 Å². The molecule has 9 nitrogen and oxygen atoms in total. The predicted octanol–water partition coefficient (Wildman–Crippen LogP) is 0.00802. The largest absolute Gasteiger partial charge is 0.367 e. The Morgan fingerprint density at radius 3 is 3.05 bits per heavy atom. The molecule has 1 aliphatic heterocycles. The molecule has 0 spiro atoms. The molecule has 1 saturated heterocycles. The standard InChI is InChI=1S/C12H18N8O/c1-8-13-12(16-14-8)10-6-19(4-5-21-10)7-11-15-17-18-20(11)9-2-3-9/h9-10H,2-7H2,1H3,(H,13,14,16)/t10-/m1/s1. The summed E-state index contributed by atoms with van der Waals surface area (Å²) in [5.41, 5.74) is 0. The summed E-state index contributed by atoms with van der Waals surface area (Å²) >= 11 is 0. The second-order valence-electron chi connectivity index (χ2n) is 5.64. The molecule has 2 aromatic rings. The Kier molecular flexibility index (Phi) is 3.15. The summed E-state index contributed by atoms with van der Waals surface area (Å²) in [7, 11) is 0. The van der Waals surface area contributed by atoms with E-state index in [1.807, 2.05) is 11.6 Å². The third kappa shape index (κ3) is 2.66. The first-order valence-electron chi connectivity index (χ1n) is 7.29. The summed E-state index contributed by atoms with van der Waals surface area (Å²) in [5, 5.41) is 19.1. The van der Waals surface area contributed by atoms with Crippen molar-refractivity contribution in [3.05, 3.63) is 17.5 Å². The second-order valence-corrected chi connectivity index (χ2v) is 5.64. The number of morpholine rings is 1. The lowest BCUT2D eigenvalue weighted by Gasteiger charge is -2.31. The maximum absolute atomic E-state index is 5.77. The van der Waals surface area contributed by atoms with Gasteiger partial charge in [0.25, 0.3) is 0 Å². The van der Waals surface area contributed by atoms with Gasteiger partial charge in [-0.2, -0.15) is 5.10 Å². The normalized spacial score (nSPS) is 23.6. The first-order valence-corrected chi connectivity index (χ1v) is 7.29. The van der Waals surface area contributed by atoms with E-state index in [0.29, 0.717) is 12.6 Å². The zero-order valence-electron chi connectivity index (χ0n) is 11.9. The minimum absolute atomic E-state index is 0.0889. The van der Waals surface area contributed by atoms with Gasteiger partial charge in [-0.25, -0.2) is 9.67 Å². The van der Waals surface area contributed by atoms with E-state index in [4.69, 9.17) is 4.74 Å². The molecule has 0 radical (unpaired) electrons. The number of ether oxygens (including phenoxy) is 1. The van der Waals surface area contributed by atoms with Crippen LogP contribution in [0.2, 0.25) is 0 Å². The zero-order valence-corrected chi connectivity index (χ0v) is 11.9. The van der Waals surface area contributed by atoms with E-state index in [0.717, 1.165) is 37.1 Å². The molecule has 1 saturated carbocycles. The van der Waals surface area contributed by atoms with Gasteiger partial charge < -0.3 is 4.74 Å². The fraction of sp³-hybridized carbons (Fsp3) is 0.750. The number of aryl methyl sites for hydroxylation is 1. The molecular weight excluding hydrogens is 272 g/mol. The van der Waals surface area contributed by atoms with Gasteiger partial charge in [-0.05, 0) is 30.2 Å². The van der Waals surface area contributed by atoms with Crippen LogP contribution in [0.25, 0.3) is 0 Å². The van der Waals surface area contributed by atoms with E-state index in [2.05, 4.69) is 35.6 Å². The highest BCUT2D eigenvalue weighted by Crippen LogP contribution is 2.34. The molecule has 0 unspecified atom stereocenters. The first kappa shape index (κ1) is 12.8. The van der Waals surface area contributed by atoms with Crippen LogP contribution < -0.4 is 0 Å². The van der Waals surface area contributed by atoms with Gasteiger partial charge in [-0.15, -0.1) is 5.10 Å². The van der Waals surface area contributed by atoms with Crippen molar-refractivity contribution in [2.75, 3.05) is 19.7 Å². The van der Waals surface area contributed by atoms with Crippen molar-refractivity contribution in [3.63, 3.8) is 0 Å². The number of hydrogen-bond acceptors (Lipinski definition) is 7. The molecule has 1 atom stereocenters. The van der Waals surface area contributed by atoms with Gasteiger partial charge in [0.2, 0.25) is 0 Å². The predicted molar refractivity (Wildman–Crippen MR) is 71.2 cm³/mol. The van der Waals surface area contributed by atoms with Crippen molar-refractivity contribution in [1.82, 2.24) is 40.3 Å². The van der Waals surface area contributed by atoms with E-state index in [9.17, 15) is 0 Å². The van der Waals surface area contributed by atoms with Crippen LogP contribution in [0.3, 0.4) is 0 Å². The minimum atomic E-state index is -0.0889. The molecule has 0 aromatic carbocycles. The number of hydrogen-bond donors (Lipinski definition) is 1. The number of nitrogens with one attached hydrogen (secondary N) is 1. The average molecular weight is 290 g/mol. The van der Waals surface area contributed by atoms with E-state index in [1.54, 1.807) is 0 Å². The number of tetrazole rings is 1. The van der Waals surface area contributed by atoms with Gasteiger partial charge in [-0.3, -0.25) is 10.00 Å². The molecule has 3 heterocycles. The number of nitrogens with zero attached hydrogens (tertiary/aromatic N) is 7. The zero-order chi connectivity index (χ0) is 14.2. The molecule has 1 aliphatic carbocycles. The average Bonchev–Trinajstić information content (AvgIpc) is 3.08. The third-order valence-corrected chi connectivity index (χ3v) is 3.87. The van der Waals surface area contributed by atoms with E-state index >= 15 is 0 Å². The molecule has 112 valence electrons. The van der Waals surface area contributed by atoms with Crippen LogP contribution in [-0.4, -0.2) is 60.0 Å². The monoisotopic (exact) mass is 290 g/mol. The van der Waals surface area contributed by atoms with Crippen LogP contribution in [0.15, 0.2) is 0 Å². The maximum atomic E-state index is 5.77. The number of aromatic nitrogens is 7. The lowest BCUT2D eigenvalue weighted by Crippen LogP contribution is -2.38. The summed E-state index contributed by atoms with van der Waals surface area (Å²) < 4.78 is 7.73. The highest BCUT2D eigenvalue weighted by Gasteiger charge is 2.30. The van der Waals surface area contributed by atoms with Gasteiger partial charge in [0, 0.05) is 13.1 Å². The SMILES string of the molecule is Cc1nc([C@H]2CN(Cc3nnnn3C3CC3)CCO2)n[nH]1. The lowest BCUT2D eigenvalue weighted by molar-refractivity contribution is -0.0381. The van der Waals surface area contributed by atoms with E-state index in [1.165, 1.54) is 12.8 Å². The van der Waals surface area contributed by atoms with Crippen LogP contribution in [0.5, 0.6) is 0 Å².